The molecule has 0 fully saturated rings. The minimum Gasteiger partial charge on any atom is -0.345 e. The van der Waals surface area contributed by atoms with E-state index >= 15 is 0 Å². The molecule has 0 radical (unpaired) electrons. The van der Waals surface area contributed by atoms with Crippen LogP contribution in [0.15, 0.2) is 54.6 Å². The number of rotatable bonds is 2. The molecule has 0 atom stereocenters. The third-order valence-corrected chi connectivity index (χ3v) is 2.56. The Morgan fingerprint density at radius 2 is 1.18 bits per heavy atom. The molecule has 0 unspecified atom stereocenters. The van der Waals surface area contributed by atoms with Gasteiger partial charge in [-0.05, 0) is 31.2 Å². The van der Waals surface area contributed by atoms with Crippen LogP contribution in [0.4, 0.5) is 11.4 Å². The average Bonchev–Trinajstić information content (AvgIpc) is 2.42. The summed E-state index contributed by atoms with van der Waals surface area (Å²) < 4.78 is 0. The first-order valence-electron chi connectivity index (χ1n) is 6.13. The summed E-state index contributed by atoms with van der Waals surface area (Å²) in [6.45, 7) is 6.10. The largest absolute Gasteiger partial charge is 0.345 e. The van der Waals surface area contributed by atoms with Gasteiger partial charge < -0.3 is 4.90 Å². The van der Waals surface area contributed by atoms with Crippen molar-refractivity contribution in [1.82, 2.24) is 0 Å². The zero-order chi connectivity index (χ0) is 12.7. The van der Waals surface area contributed by atoms with Gasteiger partial charge in [-0.3, -0.25) is 0 Å². The van der Waals surface area contributed by atoms with Crippen molar-refractivity contribution < 1.29 is 0 Å². The summed E-state index contributed by atoms with van der Waals surface area (Å²) in [6.07, 6.45) is 0. The molecule has 0 bridgehead atoms. The van der Waals surface area contributed by atoms with Crippen molar-refractivity contribution in [3.63, 3.8) is 0 Å². The zero-order valence-electron chi connectivity index (χ0n) is 11.1. The van der Waals surface area contributed by atoms with Gasteiger partial charge in [-0.1, -0.05) is 49.7 Å². The standard InChI is InChI=1S/C14H15N.C2H6/c1-12-8-10-14(11-9-12)15(2)13-6-4-3-5-7-13;1-2/h3-11H,1-2H3;1-2H3. The van der Waals surface area contributed by atoms with E-state index in [9.17, 15) is 0 Å². The molecular formula is C16H21N. The highest BCUT2D eigenvalue weighted by Gasteiger charge is 2.01. The molecule has 0 N–H and O–H groups in total. The van der Waals surface area contributed by atoms with Gasteiger partial charge in [0, 0.05) is 18.4 Å². The third kappa shape index (κ3) is 3.63. The van der Waals surface area contributed by atoms with E-state index in [-0.39, 0.29) is 0 Å². The van der Waals surface area contributed by atoms with E-state index in [1.807, 2.05) is 19.9 Å². The van der Waals surface area contributed by atoms with Gasteiger partial charge in [0.15, 0.2) is 0 Å². The molecule has 2 aromatic rings. The van der Waals surface area contributed by atoms with E-state index in [1.54, 1.807) is 0 Å². The highest BCUT2D eigenvalue weighted by molar-refractivity contribution is 5.62. The quantitative estimate of drug-likeness (QED) is 0.713. The molecule has 0 saturated carbocycles. The topological polar surface area (TPSA) is 3.24 Å². The van der Waals surface area contributed by atoms with Gasteiger partial charge in [-0.2, -0.15) is 0 Å². The van der Waals surface area contributed by atoms with Gasteiger partial charge in [0.2, 0.25) is 0 Å². The van der Waals surface area contributed by atoms with E-state index in [1.165, 1.54) is 16.9 Å². The summed E-state index contributed by atoms with van der Waals surface area (Å²) in [5.41, 5.74) is 3.72. The zero-order valence-corrected chi connectivity index (χ0v) is 11.1. The van der Waals surface area contributed by atoms with Crippen molar-refractivity contribution in [1.29, 1.82) is 0 Å². The monoisotopic (exact) mass is 227 g/mol. The Bertz CT molecular complexity index is 417. The van der Waals surface area contributed by atoms with Gasteiger partial charge in [0.05, 0.1) is 0 Å². The van der Waals surface area contributed by atoms with E-state index in [0.29, 0.717) is 0 Å². The van der Waals surface area contributed by atoms with Crippen molar-refractivity contribution in [2.75, 3.05) is 11.9 Å². The maximum atomic E-state index is 2.18. The number of hydrogen-bond acceptors (Lipinski definition) is 1. The summed E-state index contributed by atoms with van der Waals surface area (Å²) in [4.78, 5) is 2.18. The SMILES string of the molecule is CC.Cc1ccc(N(C)c2ccccc2)cc1. The first-order chi connectivity index (χ1) is 8.27. The molecule has 2 aromatic carbocycles. The van der Waals surface area contributed by atoms with Crippen LogP contribution in [-0.2, 0) is 0 Å². The van der Waals surface area contributed by atoms with Crippen LogP contribution in [0.3, 0.4) is 0 Å². The number of anilines is 2. The van der Waals surface area contributed by atoms with Crippen molar-refractivity contribution >= 4 is 11.4 Å². The summed E-state index contributed by atoms with van der Waals surface area (Å²) in [5, 5.41) is 0. The van der Waals surface area contributed by atoms with Crippen LogP contribution < -0.4 is 4.90 Å². The highest BCUT2D eigenvalue weighted by atomic mass is 15.1. The molecule has 0 aliphatic heterocycles. The summed E-state index contributed by atoms with van der Waals surface area (Å²) in [6, 6.07) is 18.9. The maximum Gasteiger partial charge on any atom is 0.0408 e. The summed E-state index contributed by atoms with van der Waals surface area (Å²) in [5.74, 6) is 0. The van der Waals surface area contributed by atoms with Gasteiger partial charge in [-0.25, -0.2) is 0 Å². The van der Waals surface area contributed by atoms with Crippen LogP contribution in [0.5, 0.6) is 0 Å². The molecule has 0 spiro atoms. The summed E-state index contributed by atoms with van der Waals surface area (Å²) in [7, 11) is 2.08. The number of para-hydroxylation sites is 1. The Morgan fingerprint density at radius 1 is 0.706 bits per heavy atom. The Morgan fingerprint density at radius 3 is 1.71 bits per heavy atom. The van der Waals surface area contributed by atoms with Crippen molar-refractivity contribution in [2.45, 2.75) is 20.8 Å². The lowest BCUT2D eigenvalue weighted by atomic mass is 10.2. The molecule has 0 amide bonds. The van der Waals surface area contributed by atoms with Crippen LogP contribution >= 0.6 is 0 Å². The third-order valence-electron chi connectivity index (χ3n) is 2.56. The first kappa shape index (κ1) is 13.3. The number of nitrogens with zero attached hydrogens (tertiary/aromatic N) is 1. The first-order valence-corrected chi connectivity index (χ1v) is 6.13. The van der Waals surface area contributed by atoms with E-state index in [4.69, 9.17) is 0 Å². The lowest BCUT2D eigenvalue weighted by Crippen LogP contribution is -2.08. The second-order valence-corrected chi connectivity index (χ2v) is 3.73. The van der Waals surface area contributed by atoms with Crippen molar-refractivity contribution in [3.8, 4) is 0 Å². The molecule has 0 aliphatic carbocycles. The second-order valence-electron chi connectivity index (χ2n) is 3.73. The van der Waals surface area contributed by atoms with Crippen LogP contribution in [0.1, 0.15) is 19.4 Å². The van der Waals surface area contributed by atoms with Gasteiger partial charge >= 0.3 is 0 Å². The van der Waals surface area contributed by atoms with Gasteiger partial charge in [0.25, 0.3) is 0 Å². The molecular weight excluding hydrogens is 206 g/mol. The smallest absolute Gasteiger partial charge is 0.0408 e. The van der Waals surface area contributed by atoms with Crippen LogP contribution in [0.2, 0.25) is 0 Å². The fraction of sp³-hybridized carbons (Fsp3) is 0.250. The highest BCUT2D eigenvalue weighted by Crippen LogP contribution is 2.22. The van der Waals surface area contributed by atoms with Crippen LogP contribution in [0.25, 0.3) is 0 Å². The van der Waals surface area contributed by atoms with Crippen LogP contribution in [-0.4, -0.2) is 7.05 Å². The molecule has 0 aromatic heterocycles. The predicted octanol–water partition coefficient (Wildman–Crippen LogP) is 4.79. The molecule has 90 valence electrons. The van der Waals surface area contributed by atoms with E-state index in [0.717, 1.165) is 0 Å². The lowest BCUT2D eigenvalue weighted by Gasteiger charge is -2.19. The number of benzene rings is 2. The van der Waals surface area contributed by atoms with Gasteiger partial charge in [0.1, 0.15) is 0 Å². The maximum absolute atomic E-state index is 2.18. The van der Waals surface area contributed by atoms with Crippen LogP contribution in [0, 0.1) is 6.92 Å². The van der Waals surface area contributed by atoms with E-state index < -0.39 is 0 Å². The second kappa shape index (κ2) is 6.74. The average molecular weight is 227 g/mol. The lowest BCUT2D eigenvalue weighted by molar-refractivity contribution is 1.20. The van der Waals surface area contributed by atoms with Crippen molar-refractivity contribution in [2.24, 2.45) is 0 Å². The number of hydrogen-bond donors (Lipinski definition) is 0. The molecule has 0 saturated heterocycles. The molecule has 2 rings (SSSR count). The minimum atomic E-state index is 1.21. The predicted molar refractivity (Wildman–Crippen MR) is 77.0 cm³/mol. The van der Waals surface area contributed by atoms with Crippen molar-refractivity contribution in [3.05, 3.63) is 60.2 Å². The molecule has 0 heterocycles. The van der Waals surface area contributed by atoms with E-state index in [2.05, 4.69) is 67.4 Å². The Balaban J connectivity index is 0.000000686. The molecule has 1 heteroatoms. The fourth-order valence-corrected chi connectivity index (χ4v) is 1.57. The minimum absolute atomic E-state index is 1.21. The molecule has 0 aliphatic rings. The van der Waals surface area contributed by atoms with Gasteiger partial charge in [-0.15, -0.1) is 0 Å². The molecule has 17 heavy (non-hydrogen) atoms. The Hall–Kier alpha value is -1.76. The number of aryl methyl sites for hydroxylation is 1. The molecule has 1 nitrogen and oxygen atoms in total. The summed E-state index contributed by atoms with van der Waals surface area (Å²) >= 11 is 0. The fourth-order valence-electron chi connectivity index (χ4n) is 1.57. The Labute approximate surface area is 105 Å². The normalized spacial score (nSPS) is 9.18. The Kier molecular flexibility index (Phi) is 5.28.